The molecule has 1 aromatic rings. The predicted molar refractivity (Wildman–Crippen MR) is 45.1 cm³/mol. The summed E-state index contributed by atoms with van der Waals surface area (Å²) in [6.45, 7) is 2.37. The molecule has 0 atom stereocenters. The Balaban J connectivity index is 2.59. The first-order valence-electron chi connectivity index (χ1n) is 4.08. The highest BCUT2D eigenvalue weighted by molar-refractivity contribution is 5.18. The highest BCUT2D eigenvalue weighted by Crippen LogP contribution is 2.10. The van der Waals surface area contributed by atoms with Crippen LogP contribution in [0.1, 0.15) is 12.5 Å². The molecule has 0 saturated heterocycles. The fourth-order valence-electron chi connectivity index (χ4n) is 0.943. The van der Waals surface area contributed by atoms with Crippen LogP contribution in [-0.4, -0.2) is 18.0 Å². The summed E-state index contributed by atoms with van der Waals surface area (Å²) in [5.41, 5.74) is 0.526. The van der Waals surface area contributed by atoms with Crippen LogP contribution in [0.4, 0.5) is 8.78 Å². The Bertz CT molecular complexity index is 248. The SMILES string of the molecule is CCOc1ccc(CC(F)F)cn1. The van der Waals surface area contributed by atoms with Crippen LogP contribution >= 0.6 is 0 Å². The molecular weight excluding hydrogens is 176 g/mol. The molecule has 1 rings (SSSR count). The van der Waals surface area contributed by atoms with Crippen LogP contribution in [-0.2, 0) is 6.42 Å². The van der Waals surface area contributed by atoms with Gasteiger partial charge in [0, 0.05) is 18.7 Å². The number of hydrogen-bond acceptors (Lipinski definition) is 2. The molecule has 2 nitrogen and oxygen atoms in total. The normalized spacial score (nSPS) is 10.5. The molecule has 0 radical (unpaired) electrons. The highest BCUT2D eigenvalue weighted by Gasteiger charge is 2.04. The molecular formula is C9H11F2NO. The topological polar surface area (TPSA) is 22.1 Å². The van der Waals surface area contributed by atoms with E-state index < -0.39 is 6.43 Å². The number of halogens is 2. The number of hydrogen-bond donors (Lipinski definition) is 0. The van der Waals surface area contributed by atoms with Crippen molar-refractivity contribution < 1.29 is 13.5 Å². The van der Waals surface area contributed by atoms with E-state index in [0.717, 1.165) is 0 Å². The molecule has 0 spiro atoms. The fraction of sp³-hybridized carbons (Fsp3) is 0.444. The summed E-state index contributed by atoms with van der Waals surface area (Å²) in [4.78, 5) is 3.87. The molecule has 72 valence electrons. The van der Waals surface area contributed by atoms with Crippen LogP contribution in [0, 0.1) is 0 Å². The van der Waals surface area contributed by atoms with E-state index >= 15 is 0 Å². The molecule has 0 aliphatic rings. The zero-order chi connectivity index (χ0) is 9.68. The van der Waals surface area contributed by atoms with Gasteiger partial charge < -0.3 is 4.74 Å². The van der Waals surface area contributed by atoms with Gasteiger partial charge in [0.05, 0.1) is 6.61 Å². The molecule has 0 aliphatic carbocycles. The van der Waals surface area contributed by atoms with E-state index in [1.165, 1.54) is 6.20 Å². The molecule has 0 unspecified atom stereocenters. The predicted octanol–water partition coefficient (Wildman–Crippen LogP) is 2.29. The number of nitrogens with zero attached hydrogens (tertiary/aromatic N) is 1. The van der Waals surface area contributed by atoms with Crippen molar-refractivity contribution in [3.05, 3.63) is 23.9 Å². The van der Waals surface area contributed by atoms with Crippen LogP contribution < -0.4 is 4.74 Å². The lowest BCUT2D eigenvalue weighted by Gasteiger charge is -2.02. The Labute approximate surface area is 75.6 Å². The maximum Gasteiger partial charge on any atom is 0.242 e. The Morgan fingerprint density at radius 3 is 2.69 bits per heavy atom. The Morgan fingerprint density at radius 2 is 2.23 bits per heavy atom. The van der Waals surface area contributed by atoms with Crippen molar-refractivity contribution in [1.82, 2.24) is 4.98 Å². The monoisotopic (exact) mass is 187 g/mol. The minimum Gasteiger partial charge on any atom is -0.478 e. The van der Waals surface area contributed by atoms with Gasteiger partial charge in [-0.1, -0.05) is 6.07 Å². The molecule has 4 heteroatoms. The molecule has 0 N–H and O–H groups in total. The third-order valence-electron chi connectivity index (χ3n) is 1.48. The van der Waals surface area contributed by atoms with Crippen molar-refractivity contribution in [3.63, 3.8) is 0 Å². The smallest absolute Gasteiger partial charge is 0.242 e. The second-order valence-corrected chi connectivity index (χ2v) is 2.53. The van der Waals surface area contributed by atoms with Crippen LogP contribution in [0.3, 0.4) is 0 Å². The molecule has 0 amide bonds. The third-order valence-corrected chi connectivity index (χ3v) is 1.48. The average molecular weight is 187 g/mol. The summed E-state index contributed by atoms with van der Waals surface area (Å²) >= 11 is 0. The quantitative estimate of drug-likeness (QED) is 0.721. The van der Waals surface area contributed by atoms with E-state index in [0.29, 0.717) is 18.1 Å². The zero-order valence-electron chi connectivity index (χ0n) is 7.34. The number of ether oxygens (including phenoxy) is 1. The second kappa shape index (κ2) is 4.74. The van der Waals surface area contributed by atoms with Crippen LogP contribution in [0.15, 0.2) is 18.3 Å². The maximum atomic E-state index is 11.9. The van der Waals surface area contributed by atoms with Gasteiger partial charge in [0.15, 0.2) is 0 Å². The molecule has 0 saturated carbocycles. The van der Waals surface area contributed by atoms with Crippen LogP contribution in [0.2, 0.25) is 0 Å². The summed E-state index contributed by atoms with van der Waals surface area (Å²) in [5.74, 6) is 0.473. The van der Waals surface area contributed by atoms with Crippen molar-refractivity contribution in [2.24, 2.45) is 0 Å². The summed E-state index contributed by atoms with van der Waals surface area (Å²) in [5, 5.41) is 0. The lowest BCUT2D eigenvalue weighted by molar-refractivity contribution is 0.149. The van der Waals surface area contributed by atoms with Crippen molar-refractivity contribution in [2.75, 3.05) is 6.61 Å². The number of aromatic nitrogens is 1. The largest absolute Gasteiger partial charge is 0.478 e. The first kappa shape index (κ1) is 9.89. The third kappa shape index (κ3) is 3.36. The van der Waals surface area contributed by atoms with Gasteiger partial charge in [-0.25, -0.2) is 13.8 Å². The minimum atomic E-state index is -2.32. The van der Waals surface area contributed by atoms with Gasteiger partial charge in [-0.05, 0) is 12.5 Å². The van der Waals surface area contributed by atoms with Gasteiger partial charge in [-0.15, -0.1) is 0 Å². The first-order valence-corrected chi connectivity index (χ1v) is 4.08. The summed E-state index contributed by atoms with van der Waals surface area (Å²) in [7, 11) is 0. The highest BCUT2D eigenvalue weighted by atomic mass is 19.3. The molecule has 13 heavy (non-hydrogen) atoms. The molecule has 1 heterocycles. The van der Waals surface area contributed by atoms with Gasteiger partial charge in [-0.2, -0.15) is 0 Å². The van der Waals surface area contributed by atoms with E-state index in [4.69, 9.17) is 4.74 Å². The van der Waals surface area contributed by atoms with Crippen molar-refractivity contribution in [3.8, 4) is 5.88 Å². The molecule has 0 aliphatic heterocycles. The van der Waals surface area contributed by atoms with Crippen molar-refractivity contribution in [1.29, 1.82) is 0 Å². The second-order valence-electron chi connectivity index (χ2n) is 2.53. The lowest BCUT2D eigenvalue weighted by atomic mass is 10.2. The van der Waals surface area contributed by atoms with Crippen molar-refractivity contribution >= 4 is 0 Å². The Hall–Kier alpha value is -1.19. The van der Waals surface area contributed by atoms with Crippen LogP contribution in [0.25, 0.3) is 0 Å². The van der Waals surface area contributed by atoms with E-state index in [-0.39, 0.29) is 6.42 Å². The molecule has 0 bridgehead atoms. The standard InChI is InChI=1S/C9H11F2NO/c1-2-13-9-4-3-7(6-12-9)5-8(10)11/h3-4,6,8H,2,5H2,1H3. The fourth-order valence-corrected chi connectivity index (χ4v) is 0.943. The van der Waals surface area contributed by atoms with E-state index in [1.807, 2.05) is 6.92 Å². The Morgan fingerprint density at radius 1 is 1.46 bits per heavy atom. The van der Waals surface area contributed by atoms with E-state index in [2.05, 4.69) is 4.98 Å². The summed E-state index contributed by atoms with van der Waals surface area (Å²) in [6, 6.07) is 3.20. The lowest BCUT2D eigenvalue weighted by Crippen LogP contribution is -1.99. The first-order chi connectivity index (χ1) is 6.22. The minimum absolute atomic E-state index is 0.251. The average Bonchev–Trinajstić information content (AvgIpc) is 2.08. The van der Waals surface area contributed by atoms with E-state index in [1.54, 1.807) is 12.1 Å². The van der Waals surface area contributed by atoms with E-state index in [9.17, 15) is 8.78 Å². The van der Waals surface area contributed by atoms with Gasteiger partial charge in [0.1, 0.15) is 0 Å². The molecule has 1 aromatic heterocycles. The number of pyridine rings is 1. The van der Waals surface area contributed by atoms with Crippen LogP contribution in [0.5, 0.6) is 5.88 Å². The van der Waals surface area contributed by atoms with Crippen molar-refractivity contribution in [2.45, 2.75) is 19.8 Å². The number of alkyl halides is 2. The molecule has 0 fully saturated rings. The summed E-state index contributed by atoms with van der Waals surface area (Å²) < 4.78 is 28.9. The number of rotatable bonds is 4. The molecule has 0 aromatic carbocycles. The van der Waals surface area contributed by atoms with Gasteiger partial charge in [-0.3, -0.25) is 0 Å². The maximum absolute atomic E-state index is 11.9. The Kier molecular flexibility index (Phi) is 3.61. The van der Waals surface area contributed by atoms with Gasteiger partial charge >= 0.3 is 0 Å². The summed E-state index contributed by atoms with van der Waals surface area (Å²) in [6.07, 6.45) is -1.16. The van der Waals surface area contributed by atoms with Gasteiger partial charge in [0.2, 0.25) is 12.3 Å². The zero-order valence-corrected chi connectivity index (χ0v) is 7.34. The van der Waals surface area contributed by atoms with Gasteiger partial charge in [0.25, 0.3) is 0 Å².